The summed E-state index contributed by atoms with van der Waals surface area (Å²) in [5.41, 5.74) is 1.49. The Hall–Kier alpha value is -2.27. The normalized spacial score (nSPS) is 11.4. The van der Waals surface area contributed by atoms with Crippen molar-refractivity contribution in [2.24, 2.45) is 0 Å². The first-order valence-electron chi connectivity index (χ1n) is 7.57. The molecule has 3 rings (SSSR count). The van der Waals surface area contributed by atoms with Gasteiger partial charge < -0.3 is 4.74 Å². The minimum Gasteiger partial charge on any atom is -0.489 e. The Labute approximate surface area is 152 Å². The highest BCUT2D eigenvalue weighted by molar-refractivity contribution is 9.10. The first kappa shape index (κ1) is 17.5. The highest BCUT2D eigenvalue weighted by Gasteiger charge is 2.33. The van der Waals surface area contributed by atoms with Crippen LogP contribution in [0.2, 0.25) is 0 Å². The van der Waals surface area contributed by atoms with Crippen molar-refractivity contribution < 1.29 is 17.9 Å². The number of hydrogen-bond acceptors (Lipinski definition) is 1. The van der Waals surface area contributed by atoms with Gasteiger partial charge in [0.2, 0.25) is 0 Å². The quantitative estimate of drug-likeness (QED) is 0.467. The zero-order chi connectivity index (χ0) is 17.9. The Morgan fingerprint density at radius 1 is 0.800 bits per heavy atom. The van der Waals surface area contributed by atoms with Crippen molar-refractivity contribution in [3.8, 4) is 16.9 Å². The van der Waals surface area contributed by atoms with Crippen LogP contribution in [0, 0.1) is 0 Å². The minimum absolute atomic E-state index is 0.0280. The maximum atomic E-state index is 13.1. The molecule has 128 valence electrons. The Morgan fingerprint density at radius 3 is 2.24 bits per heavy atom. The van der Waals surface area contributed by atoms with Gasteiger partial charge in [0.25, 0.3) is 0 Å². The third-order valence-corrected chi connectivity index (χ3v) is 4.38. The highest BCUT2D eigenvalue weighted by Crippen LogP contribution is 2.37. The van der Waals surface area contributed by atoms with E-state index < -0.39 is 11.7 Å². The van der Waals surface area contributed by atoms with E-state index in [1.54, 1.807) is 30.3 Å². The molecule has 0 heterocycles. The Kier molecular flexibility index (Phi) is 5.13. The van der Waals surface area contributed by atoms with Crippen molar-refractivity contribution in [2.75, 3.05) is 0 Å². The molecule has 0 unspecified atom stereocenters. The molecule has 0 saturated carbocycles. The van der Waals surface area contributed by atoms with E-state index in [4.69, 9.17) is 4.74 Å². The van der Waals surface area contributed by atoms with Gasteiger partial charge in [-0.1, -0.05) is 64.5 Å². The van der Waals surface area contributed by atoms with Gasteiger partial charge in [-0.15, -0.1) is 0 Å². The fourth-order valence-electron chi connectivity index (χ4n) is 2.43. The molecule has 0 aliphatic rings. The van der Waals surface area contributed by atoms with E-state index in [0.717, 1.165) is 11.6 Å². The van der Waals surface area contributed by atoms with E-state index in [1.165, 1.54) is 6.07 Å². The largest absolute Gasteiger partial charge is 0.489 e. The van der Waals surface area contributed by atoms with E-state index in [0.29, 0.717) is 23.5 Å². The van der Waals surface area contributed by atoms with E-state index in [9.17, 15) is 13.2 Å². The molecule has 0 spiro atoms. The monoisotopic (exact) mass is 406 g/mol. The van der Waals surface area contributed by atoms with Gasteiger partial charge in [-0.3, -0.25) is 0 Å². The van der Waals surface area contributed by atoms with Crippen molar-refractivity contribution in [3.63, 3.8) is 0 Å². The molecule has 0 aliphatic carbocycles. The van der Waals surface area contributed by atoms with Gasteiger partial charge in [-0.05, 0) is 41.0 Å². The average molecular weight is 407 g/mol. The SMILES string of the molecule is FC(F)(F)c1cc(-c2cccc(OCc3ccccc3)c2)ccc1Br. The summed E-state index contributed by atoms with van der Waals surface area (Å²) < 4.78 is 45.0. The molecule has 25 heavy (non-hydrogen) atoms. The third-order valence-electron chi connectivity index (χ3n) is 3.69. The lowest BCUT2D eigenvalue weighted by Crippen LogP contribution is -2.06. The molecule has 1 nitrogen and oxygen atoms in total. The molecule has 0 fully saturated rings. The van der Waals surface area contributed by atoms with Gasteiger partial charge in [-0.2, -0.15) is 13.2 Å². The lowest BCUT2D eigenvalue weighted by Gasteiger charge is -2.12. The Morgan fingerprint density at radius 2 is 1.52 bits per heavy atom. The van der Waals surface area contributed by atoms with Crippen LogP contribution in [-0.4, -0.2) is 0 Å². The zero-order valence-electron chi connectivity index (χ0n) is 13.1. The topological polar surface area (TPSA) is 9.23 Å². The summed E-state index contributed by atoms with van der Waals surface area (Å²) in [6, 6.07) is 20.9. The molecule has 0 aliphatic heterocycles. The van der Waals surface area contributed by atoms with Crippen molar-refractivity contribution in [2.45, 2.75) is 12.8 Å². The average Bonchev–Trinajstić information content (AvgIpc) is 2.60. The van der Waals surface area contributed by atoms with Gasteiger partial charge in [0, 0.05) is 4.47 Å². The van der Waals surface area contributed by atoms with E-state index in [2.05, 4.69) is 15.9 Å². The van der Waals surface area contributed by atoms with Crippen LogP contribution in [0.25, 0.3) is 11.1 Å². The minimum atomic E-state index is -4.41. The van der Waals surface area contributed by atoms with E-state index >= 15 is 0 Å². The molecule has 3 aromatic rings. The number of alkyl halides is 3. The molecule has 3 aromatic carbocycles. The van der Waals surface area contributed by atoms with Gasteiger partial charge in [0.1, 0.15) is 12.4 Å². The van der Waals surface area contributed by atoms with E-state index in [1.807, 2.05) is 30.3 Å². The number of benzene rings is 3. The fourth-order valence-corrected chi connectivity index (χ4v) is 2.90. The van der Waals surface area contributed by atoms with Crippen LogP contribution < -0.4 is 4.74 Å². The van der Waals surface area contributed by atoms with Crippen LogP contribution in [0.3, 0.4) is 0 Å². The summed E-state index contributed by atoms with van der Waals surface area (Å²) in [6.07, 6.45) is -4.41. The predicted molar refractivity (Wildman–Crippen MR) is 95.4 cm³/mol. The molecule has 0 aromatic heterocycles. The summed E-state index contributed by atoms with van der Waals surface area (Å²) in [5, 5.41) is 0. The second-order valence-electron chi connectivity index (χ2n) is 5.49. The first-order chi connectivity index (χ1) is 11.9. The standard InChI is InChI=1S/C20H14BrF3O/c21-19-10-9-16(12-18(19)20(22,23)24)15-7-4-8-17(11-15)25-13-14-5-2-1-3-6-14/h1-12H,13H2. The van der Waals surface area contributed by atoms with E-state index in [-0.39, 0.29) is 4.47 Å². The third kappa shape index (κ3) is 4.42. The molecule has 0 N–H and O–H groups in total. The first-order valence-corrected chi connectivity index (χ1v) is 8.37. The molecule has 0 amide bonds. The fraction of sp³-hybridized carbons (Fsp3) is 0.100. The molecule has 5 heteroatoms. The number of rotatable bonds is 4. The zero-order valence-corrected chi connectivity index (χ0v) is 14.6. The van der Waals surface area contributed by atoms with Crippen LogP contribution >= 0.6 is 15.9 Å². The lowest BCUT2D eigenvalue weighted by atomic mass is 10.0. The summed E-state index contributed by atoms with van der Waals surface area (Å²) in [7, 11) is 0. The molecule has 0 bridgehead atoms. The number of hydrogen-bond donors (Lipinski definition) is 0. The van der Waals surface area contributed by atoms with Gasteiger partial charge in [0.15, 0.2) is 0 Å². The second-order valence-corrected chi connectivity index (χ2v) is 6.35. The van der Waals surface area contributed by atoms with Crippen LogP contribution in [0.1, 0.15) is 11.1 Å². The van der Waals surface area contributed by atoms with Crippen molar-refractivity contribution in [3.05, 3.63) is 88.4 Å². The molecule has 0 saturated heterocycles. The summed E-state index contributed by atoms with van der Waals surface area (Å²) in [6.45, 7) is 0.401. The lowest BCUT2D eigenvalue weighted by molar-refractivity contribution is -0.138. The second kappa shape index (κ2) is 7.31. The van der Waals surface area contributed by atoms with Crippen molar-refractivity contribution >= 4 is 15.9 Å². The Balaban J connectivity index is 1.84. The van der Waals surface area contributed by atoms with Crippen LogP contribution in [0.4, 0.5) is 13.2 Å². The Bertz CT molecular complexity index is 860. The molecule has 0 radical (unpaired) electrons. The number of ether oxygens (including phenoxy) is 1. The number of halogens is 4. The molecule has 0 atom stereocenters. The summed E-state index contributed by atoms with van der Waals surface area (Å²) in [4.78, 5) is 0. The molecular formula is C20H14BrF3O. The van der Waals surface area contributed by atoms with Crippen molar-refractivity contribution in [1.29, 1.82) is 0 Å². The van der Waals surface area contributed by atoms with Crippen LogP contribution in [-0.2, 0) is 12.8 Å². The van der Waals surface area contributed by atoms with Crippen LogP contribution in [0.5, 0.6) is 5.75 Å². The smallest absolute Gasteiger partial charge is 0.417 e. The summed E-state index contributed by atoms with van der Waals surface area (Å²) >= 11 is 2.96. The maximum absolute atomic E-state index is 13.1. The molecular weight excluding hydrogens is 393 g/mol. The van der Waals surface area contributed by atoms with Gasteiger partial charge in [0.05, 0.1) is 5.56 Å². The predicted octanol–water partition coefficient (Wildman–Crippen LogP) is 6.71. The van der Waals surface area contributed by atoms with Gasteiger partial charge >= 0.3 is 6.18 Å². The highest BCUT2D eigenvalue weighted by atomic mass is 79.9. The maximum Gasteiger partial charge on any atom is 0.417 e. The van der Waals surface area contributed by atoms with Crippen LogP contribution in [0.15, 0.2) is 77.3 Å². The van der Waals surface area contributed by atoms with Crippen molar-refractivity contribution in [1.82, 2.24) is 0 Å². The summed E-state index contributed by atoms with van der Waals surface area (Å²) in [5.74, 6) is 0.609. The van der Waals surface area contributed by atoms with Gasteiger partial charge in [-0.25, -0.2) is 0 Å².